The molecule has 0 saturated carbocycles. The number of benzene rings is 1. The van der Waals surface area contributed by atoms with Crippen LogP contribution in [0.3, 0.4) is 0 Å². The summed E-state index contributed by atoms with van der Waals surface area (Å²) in [6.45, 7) is 16.2. The number of rotatable bonds is 8. The molecular weight excluding hydrogens is 292 g/mol. The van der Waals surface area contributed by atoms with E-state index in [2.05, 4.69) is 40.4 Å². The first-order valence-electron chi connectivity index (χ1n) is 7.70. The molecule has 0 saturated heterocycles. The molecule has 0 aromatic heterocycles. The Labute approximate surface area is 136 Å². The fourth-order valence-corrected chi connectivity index (χ4v) is 2.99. The summed E-state index contributed by atoms with van der Waals surface area (Å²) < 4.78 is 17.2. The molecule has 0 aliphatic rings. The van der Waals surface area contributed by atoms with Gasteiger partial charge in [-0.25, -0.2) is 0 Å². The van der Waals surface area contributed by atoms with Crippen molar-refractivity contribution in [1.82, 2.24) is 0 Å². The van der Waals surface area contributed by atoms with Gasteiger partial charge in [-0.2, -0.15) is 0 Å². The summed E-state index contributed by atoms with van der Waals surface area (Å²) in [4.78, 5) is 0. The van der Waals surface area contributed by atoms with E-state index in [4.69, 9.17) is 13.9 Å². The Kier molecular flexibility index (Phi) is 6.85. The van der Waals surface area contributed by atoms with E-state index in [0.29, 0.717) is 13.2 Å². The Bertz CT molecular complexity index is 460. The quantitative estimate of drug-likeness (QED) is 0.509. The summed E-state index contributed by atoms with van der Waals surface area (Å²) in [5.41, 5.74) is 1.12. The molecule has 0 amide bonds. The average molecular weight is 323 g/mol. The van der Waals surface area contributed by atoms with Gasteiger partial charge in [0.2, 0.25) is 0 Å². The smallest absolute Gasteiger partial charge is 0.192 e. The molecule has 1 aromatic carbocycles. The number of hydrogen-bond donors (Lipinski definition) is 0. The first kappa shape index (κ1) is 18.9. The molecule has 1 atom stereocenters. The maximum absolute atomic E-state index is 6.30. The lowest BCUT2D eigenvalue weighted by Crippen LogP contribution is -2.44. The monoisotopic (exact) mass is 322 g/mol. The van der Waals surface area contributed by atoms with Crippen LogP contribution in [0.1, 0.15) is 26.3 Å². The van der Waals surface area contributed by atoms with Gasteiger partial charge in [-0.3, -0.25) is 0 Å². The van der Waals surface area contributed by atoms with Crippen molar-refractivity contribution in [2.24, 2.45) is 0 Å². The van der Waals surface area contributed by atoms with Gasteiger partial charge in [0.25, 0.3) is 0 Å². The van der Waals surface area contributed by atoms with Crippen LogP contribution in [-0.4, -0.2) is 28.1 Å². The lowest BCUT2D eigenvalue weighted by atomic mass is 10.2. The lowest BCUT2D eigenvalue weighted by Gasteiger charge is -2.38. The number of ether oxygens (including phenoxy) is 2. The van der Waals surface area contributed by atoms with Gasteiger partial charge in [0.15, 0.2) is 8.32 Å². The van der Waals surface area contributed by atoms with Gasteiger partial charge >= 0.3 is 0 Å². The van der Waals surface area contributed by atoms with Gasteiger partial charge in [0.05, 0.1) is 26.4 Å². The third kappa shape index (κ3) is 5.59. The molecule has 4 heteroatoms. The fourth-order valence-electron chi connectivity index (χ4n) is 1.72. The zero-order chi connectivity index (χ0) is 16.8. The van der Waals surface area contributed by atoms with Crippen LogP contribution in [0.25, 0.3) is 0 Å². The largest absolute Gasteiger partial charge is 0.497 e. The van der Waals surface area contributed by atoms with E-state index in [0.717, 1.165) is 11.3 Å². The van der Waals surface area contributed by atoms with Crippen LogP contribution in [0, 0.1) is 0 Å². The van der Waals surface area contributed by atoms with Crippen LogP contribution in [-0.2, 0) is 15.8 Å². The topological polar surface area (TPSA) is 27.7 Å². The Morgan fingerprint density at radius 3 is 2.23 bits per heavy atom. The van der Waals surface area contributed by atoms with Crippen molar-refractivity contribution in [1.29, 1.82) is 0 Å². The zero-order valence-electron chi connectivity index (χ0n) is 14.8. The minimum atomic E-state index is -1.80. The highest BCUT2D eigenvalue weighted by atomic mass is 28.4. The van der Waals surface area contributed by atoms with Crippen LogP contribution in [0.4, 0.5) is 0 Å². The van der Waals surface area contributed by atoms with E-state index >= 15 is 0 Å². The van der Waals surface area contributed by atoms with Crippen molar-refractivity contribution < 1.29 is 13.9 Å². The van der Waals surface area contributed by atoms with Gasteiger partial charge in [-0.05, 0) is 35.8 Å². The van der Waals surface area contributed by atoms with Gasteiger partial charge in [0, 0.05) is 0 Å². The predicted molar refractivity (Wildman–Crippen MR) is 94.9 cm³/mol. The van der Waals surface area contributed by atoms with Gasteiger partial charge in [-0.15, -0.1) is 6.58 Å². The molecule has 1 aromatic rings. The fraction of sp³-hybridized carbons (Fsp3) is 0.556. The Morgan fingerprint density at radius 1 is 1.18 bits per heavy atom. The van der Waals surface area contributed by atoms with E-state index < -0.39 is 8.32 Å². The van der Waals surface area contributed by atoms with Crippen molar-refractivity contribution in [3.8, 4) is 5.75 Å². The molecule has 0 radical (unpaired) electrons. The van der Waals surface area contributed by atoms with Crippen molar-refractivity contribution in [2.45, 2.75) is 51.6 Å². The van der Waals surface area contributed by atoms with E-state index in [9.17, 15) is 0 Å². The molecule has 0 heterocycles. The third-order valence-electron chi connectivity index (χ3n) is 4.22. The second kappa shape index (κ2) is 7.95. The number of hydrogen-bond acceptors (Lipinski definition) is 3. The highest BCUT2D eigenvalue weighted by molar-refractivity contribution is 6.74. The molecule has 0 N–H and O–H groups in total. The second-order valence-corrected chi connectivity index (χ2v) is 11.8. The summed E-state index contributed by atoms with van der Waals surface area (Å²) in [6.07, 6.45) is 1.79. The summed E-state index contributed by atoms with van der Waals surface area (Å²) in [5.74, 6) is 0.856. The molecule has 0 spiro atoms. The van der Waals surface area contributed by atoms with Gasteiger partial charge < -0.3 is 13.9 Å². The lowest BCUT2D eigenvalue weighted by molar-refractivity contribution is 0.0552. The summed E-state index contributed by atoms with van der Waals surface area (Å²) in [6, 6.07) is 7.90. The molecule has 0 aliphatic heterocycles. The van der Waals surface area contributed by atoms with Crippen LogP contribution < -0.4 is 4.74 Å². The number of methoxy groups -OCH3 is 1. The Morgan fingerprint density at radius 2 is 1.77 bits per heavy atom. The first-order chi connectivity index (χ1) is 10.2. The van der Waals surface area contributed by atoms with Gasteiger partial charge in [0.1, 0.15) is 5.75 Å². The van der Waals surface area contributed by atoms with Gasteiger partial charge in [-0.1, -0.05) is 39.0 Å². The Balaban J connectivity index is 2.48. The van der Waals surface area contributed by atoms with Crippen LogP contribution in [0.15, 0.2) is 36.9 Å². The van der Waals surface area contributed by atoms with E-state index in [1.165, 1.54) is 0 Å². The minimum absolute atomic E-state index is 0.0564. The second-order valence-electron chi connectivity index (χ2n) is 7.02. The molecule has 0 bridgehead atoms. The molecule has 124 valence electrons. The van der Waals surface area contributed by atoms with Crippen LogP contribution >= 0.6 is 0 Å². The summed E-state index contributed by atoms with van der Waals surface area (Å²) in [7, 11) is -0.133. The van der Waals surface area contributed by atoms with E-state index in [-0.39, 0.29) is 11.1 Å². The van der Waals surface area contributed by atoms with Crippen molar-refractivity contribution >= 4 is 8.32 Å². The Hall–Kier alpha value is -1.10. The molecule has 22 heavy (non-hydrogen) atoms. The SMILES string of the molecule is C=C[C@H](COCc1ccc(OC)cc1)O[Si](C)(C)C(C)(C)C. The molecule has 0 aliphatic carbocycles. The van der Waals surface area contributed by atoms with E-state index in [1.54, 1.807) is 7.11 Å². The molecule has 1 rings (SSSR count). The van der Waals surface area contributed by atoms with Crippen molar-refractivity contribution in [3.05, 3.63) is 42.5 Å². The van der Waals surface area contributed by atoms with E-state index in [1.807, 2.05) is 30.3 Å². The van der Waals surface area contributed by atoms with Crippen LogP contribution in [0.5, 0.6) is 5.75 Å². The highest BCUT2D eigenvalue weighted by Crippen LogP contribution is 2.37. The molecule has 0 fully saturated rings. The maximum atomic E-state index is 6.30. The minimum Gasteiger partial charge on any atom is -0.497 e. The molecule has 3 nitrogen and oxygen atoms in total. The summed E-state index contributed by atoms with van der Waals surface area (Å²) >= 11 is 0. The normalized spacial score (nSPS) is 13.7. The first-order valence-corrected chi connectivity index (χ1v) is 10.6. The van der Waals surface area contributed by atoms with Crippen molar-refractivity contribution in [3.63, 3.8) is 0 Å². The van der Waals surface area contributed by atoms with Crippen molar-refractivity contribution in [2.75, 3.05) is 13.7 Å². The standard InChI is InChI=1S/C18H30O3Si/c1-8-16(21-22(6,7)18(2,3)4)14-20-13-15-9-11-17(19-5)12-10-15/h8-12,16H,1,13-14H2,2-7H3/t16-/m1/s1. The van der Waals surface area contributed by atoms with Crippen LogP contribution in [0.2, 0.25) is 18.1 Å². The molecule has 0 unspecified atom stereocenters. The third-order valence-corrected chi connectivity index (χ3v) is 8.73. The molecular formula is C18H30O3Si. The zero-order valence-corrected chi connectivity index (χ0v) is 15.8. The average Bonchev–Trinajstić information content (AvgIpc) is 2.45. The predicted octanol–water partition coefficient (Wildman–Crippen LogP) is 4.79. The maximum Gasteiger partial charge on any atom is 0.192 e. The summed E-state index contributed by atoms with van der Waals surface area (Å²) in [5, 5.41) is 0.185. The highest BCUT2D eigenvalue weighted by Gasteiger charge is 2.38.